The van der Waals surface area contributed by atoms with Gasteiger partial charge in [0, 0.05) is 6.54 Å². The van der Waals surface area contributed by atoms with E-state index in [1.165, 1.54) is 5.57 Å². The molecule has 0 aliphatic heterocycles. The minimum Gasteiger partial charge on any atom is -0.305 e. The van der Waals surface area contributed by atoms with Gasteiger partial charge in [0.05, 0.1) is 0 Å². The third-order valence-corrected chi connectivity index (χ3v) is 1.06. The zero-order chi connectivity index (χ0) is 6.57. The molecular formula is C7H16ClN. The van der Waals surface area contributed by atoms with E-state index in [9.17, 15) is 0 Å². The van der Waals surface area contributed by atoms with Crippen molar-refractivity contribution in [2.24, 2.45) is 0 Å². The van der Waals surface area contributed by atoms with E-state index in [0.29, 0.717) is 0 Å². The van der Waals surface area contributed by atoms with Crippen molar-refractivity contribution in [1.82, 2.24) is 4.90 Å². The van der Waals surface area contributed by atoms with Crippen molar-refractivity contribution in [3.05, 3.63) is 11.6 Å². The molecule has 0 aromatic rings. The molecule has 0 saturated carbocycles. The quantitative estimate of drug-likeness (QED) is 0.543. The van der Waals surface area contributed by atoms with Crippen LogP contribution in [0.25, 0.3) is 0 Å². The maximum absolute atomic E-state index is 2.16. The summed E-state index contributed by atoms with van der Waals surface area (Å²) in [6.45, 7) is 5.29. The van der Waals surface area contributed by atoms with E-state index >= 15 is 0 Å². The van der Waals surface area contributed by atoms with E-state index in [4.69, 9.17) is 0 Å². The van der Waals surface area contributed by atoms with E-state index in [1.54, 1.807) is 0 Å². The zero-order valence-corrected chi connectivity index (χ0v) is 7.46. The molecule has 0 atom stereocenters. The van der Waals surface area contributed by atoms with Gasteiger partial charge in [-0.2, -0.15) is 0 Å². The van der Waals surface area contributed by atoms with Crippen LogP contribution in [0.3, 0.4) is 0 Å². The summed E-state index contributed by atoms with van der Waals surface area (Å²) in [6.07, 6.45) is 2.14. The number of likely N-dealkylation sites (N-methyl/N-ethyl adjacent to an activating group) is 1. The Hall–Kier alpha value is -0.0100. The third kappa shape index (κ3) is 7.99. The van der Waals surface area contributed by atoms with Crippen molar-refractivity contribution in [3.8, 4) is 0 Å². The van der Waals surface area contributed by atoms with Crippen LogP contribution in [-0.2, 0) is 0 Å². The van der Waals surface area contributed by atoms with Crippen molar-refractivity contribution < 1.29 is 0 Å². The zero-order valence-electron chi connectivity index (χ0n) is 6.64. The second kappa shape index (κ2) is 6.12. The molecule has 0 spiro atoms. The second-order valence-electron chi connectivity index (χ2n) is 2.37. The number of allylic oxidation sites excluding steroid dienone is 1. The lowest BCUT2D eigenvalue weighted by molar-refractivity contribution is 0.445. The highest BCUT2D eigenvalue weighted by Crippen LogP contribution is 1.91. The normalized spacial score (nSPS) is 11.4. The Kier molecular flexibility index (Phi) is 7.98. The molecule has 0 aliphatic rings. The molecule has 0 N–H and O–H groups in total. The minimum atomic E-state index is 0. The lowest BCUT2D eigenvalue weighted by Crippen LogP contribution is -2.13. The summed E-state index contributed by atoms with van der Waals surface area (Å²) in [7, 11) is 4.15. The molecule has 0 aliphatic carbocycles. The smallest absolute Gasteiger partial charge is 0.0183 e. The maximum atomic E-state index is 2.16. The summed E-state index contributed by atoms with van der Waals surface area (Å²) >= 11 is 0. The van der Waals surface area contributed by atoms with E-state index in [1.807, 2.05) is 0 Å². The Morgan fingerprint density at radius 2 is 1.89 bits per heavy atom. The largest absolute Gasteiger partial charge is 0.305 e. The minimum absolute atomic E-state index is 0. The van der Waals surface area contributed by atoms with Gasteiger partial charge in [-0.25, -0.2) is 0 Å². The molecule has 0 aromatic carbocycles. The lowest BCUT2D eigenvalue weighted by atomic mass is 10.3. The number of hydrogen-bond acceptors (Lipinski definition) is 1. The predicted octanol–water partition coefficient (Wildman–Crippen LogP) is 1.94. The van der Waals surface area contributed by atoms with Gasteiger partial charge in [-0.3, -0.25) is 0 Å². The first-order valence-corrected chi connectivity index (χ1v) is 2.93. The maximum Gasteiger partial charge on any atom is 0.0183 e. The van der Waals surface area contributed by atoms with Crippen molar-refractivity contribution in [2.75, 3.05) is 20.6 Å². The molecule has 0 aromatic heterocycles. The van der Waals surface area contributed by atoms with Crippen LogP contribution in [0, 0.1) is 0 Å². The van der Waals surface area contributed by atoms with Crippen LogP contribution >= 0.6 is 12.4 Å². The van der Waals surface area contributed by atoms with Crippen LogP contribution in [0.1, 0.15) is 13.8 Å². The predicted molar refractivity (Wildman–Crippen MR) is 45.2 cm³/mol. The average Bonchev–Trinajstić information content (AvgIpc) is 1.65. The standard InChI is InChI=1S/C7H15N.ClH/c1-5-7(2)6-8(3)4;/h5H,6H2,1-4H3;1H/b7-5+;. The Balaban J connectivity index is 0. The fraction of sp³-hybridized carbons (Fsp3) is 0.714. The molecular weight excluding hydrogens is 134 g/mol. The lowest BCUT2D eigenvalue weighted by Gasteiger charge is -2.07. The van der Waals surface area contributed by atoms with Crippen LogP contribution in [0.5, 0.6) is 0 Å². The van der Waals surface area contributed by atoms with Crippen molar-refractivity contribution in [1.29, 1.82) is 0 Å². The van der Waals surface area contributed by atoms with Crippen LogP contribution in [0.4, 0.5) is 0 Å². The van der Waals surface area contributed by atoms with Crippen molar-refractivity contribution in [3.63, 3.8) is 0 Å². The highest BCUT2D eigenvalue weighted by Gasteiger charge is 1.87. The molecule has 0 radical (unpaired) electrons. The Labute approximate surface area is 64.2 Å². The van der Waals surface area contributed by atoms with Crippen molar-refractivity contribution >= 4 is 12.4 Å². The van der Waals surface area contributed by atoms with E-state index < -0.39 is 0 Å². The third-order valence-electron chi connectivity index (χ3n) is 1.06. The molecule has 1 nitrogen and oxygen atoms in total. The number of rotatable bonds is 2. The average molecular weight is 150 g/mol. The van der Waals surface area contributed by atoms with E-state index in [0.717, 1.165) is 6.54 Å². The van der Waals surface area contributed by atoms with Gasteiger partial charge in [0.2, 0.25) is 0 Å². The summed E-state index contributed by atoms with van der Waals surface area (Å²) in [6, 6.07) is 0. The van der Waals surface area contributed by atoms with Crippen LogP contribution in [0.15, 0.2) is 11.6 Å². The fourth-order valence-electron chi connectivity index (χ4n) is 0.590. The summed E-state index contributed by atoms with van der Waals surface area (Å²) < 4.78 is 0. The van der Waals surface area contributed by atoms with Crippen LogP contribution in [0.2, 0.25) is 0 Å². The number of hydrogen-bond donors (Lipinski definition) is 0. The molecule has 0 bridgehead atoms. The van der Waals surface area contributed by atoms with Crippen LogP contribution < -0.4 is 0 Å². The van der Waals surface area contributed by atoms with Crippen molar-refractivity contribution in [2.45, 2.75) is 13.8 Å². The van der Waals surface area contributed by atoms with Gasteiger partial charge in [0.15, 0.2) is 0 Å². The monoisotopic (exact) mass is 149 g/mol. The fourth-order valence-corrected chi connectivity index (χ4v) is 0.590. The molecule has 2 heteroatoms. The van der Waals surface area contributed by atoms with Crippen LogP contribution in [-0.4, -0.2) is 25.5 Å². The Bertz CT molecular complexity index is 86.9. The first kappa shape index (κ1) is 11.7. The highest BCUT2D eigenvalue weighted by molar-refractivity contribution is 5.85. The molecule has 0 heterocycles. The van der Waals surface area contributed by atoms with E-state index in [-0.39, 0.29) is 12.4 Å². The molecule has 0 fully saturated rings. The van der Waals surface area contributed by atoms with Gasteiger partial charge in [-0.1, -0.05) is 11.6 Å². The second-order valence-corrected chi connectivity index (χ2v) is 2.37. The van der Waals surface area contributed by atoms with Gasteiger partial charge < -0.3 is 4.90 Å². The molecule has 0 saturated heterocycles. The summed E-state index contributed by atoms with van der Waals surface area (Å²) in [5.41, 5.74) is 1.43. The number of nitrogens with zero attached hydrogens (tertiary/aromatic N) is 1. The van der Waals surface area contributed by atoms with E-state index in [2.05, 4.69) is 38.9 Å². The molecule has 9 heavy (non-hydrogen) atoms. The molecule has 0 unspecified atom stereocenters. The first-order chi connectivity index (χ1) is 3.66. The first-order valence-electron chi connectivity index (χ1n) is 2.93. The SMILES string of the molecule is C/C=C(\C)CN(C)C.Cl. The summed E-state index contributed by atoms with van der Waals surface area (Å²) in [4.78, 5) is 2.16. The Morgan fingerprint density at radius 1 is 1.44 bits per heavy atom. The van der Waals surface area contributed by atoms with Gasteiger partial charge in [0.1, 0.15) is 0 Å². The topological polar surface area (TPSA) is 3.24 Å². The van der Waals surface area contributed by atoms with Gasteiger partial charge >= 0.3 is 0 Å². The number of halogens is 1. The summed E-state index contributed by atoms with van der Waals surface area (Å²) in [5, 5.41) is 0. The summed E-state index contributed by atoms with van der Waals surface area (Å²) in [5.74, 6) is 0. The highest BCUT2D eigenvalue weighted by atomic mass is 35.5. The Morgan fingerprint density at radius 3 is 2.00 bits per heavy atom. The molecule has 0 rings (SSSR count). The van der Waals surface area contributed by atoms with Gasteiger partial charge in [0.25, 0.3) is 0 Å². The van der Waals surface area contributed by atoms with Gasteiger partial charge in [-0.15, -0.1) is 12.4 Å². The molecule has 56 valence electrons. The molecule has 0 amide bonds. The van der Waals surface area contributed by atoms with Gasteiger partial charge in [-0.05, 0) is 27.9 Å².